The Balaban J connectivity index is 2.66. The van der Waals surface area contributed by atoms with Gasteiger partial charge in [0.1, 0.15) is 6.29 Å². The Hall–Kier alpha value is -1.41. The van der Waals surface area contributed by atoms with E-state index in [9.17, 15) is 4.79 Å². The second-order valence-corrected chi connectivity index (χ2v) is 5.65. The van der Waals surface area contributed by atoms with Crippen molar-refractivity contribution < 1.29 is 4.79 Å². The van der Waals surface area contributed by atoms with Crippen LogP contribution in [0.25, 0.3) is 5.57 Å². The van der Waals surface area contributed by atoms with Crippen LogP contribution in [0.4, 0.5) is 0 Å². The molecular formula is C15H19NO. The maximum atomic E-state index is 11.4. The molecule has 17 heavy (non-hydrogen) atoms. The van der Waals surface area contributed by atoms with Crippen molar-refractivity contribution in [1.82, 2.24) is 5.32 Å². The predicted octanol–water partition coefficient (Wildman–Crippen LogP) is 2.80. The third-order valence-electron chi connectivity index (χ3n) is 3.37. The largest absolute Gasteiger partial charge is 0.299 e. The molecule has 0 saturated heterocycles. The summed E-state index contributed by atoms with van der Waals surface area (Å²) >= 11 is 0. The van der Waals surface area contributed by atoms with Gasteiger partial charge in [-0.3, -0.25) is 10.1 Å². The molecule has 0 unspecified atom stereocenters. The zero-order chi connectivity index (χ0) is 12.7. The molecular weight excluding hydrogens is 210 g/mol. The number of rotatable bonds is 2. The van der Waals surface area contributed by atoms with Gasteiger partial charge in [-0.15, -0.1) is 0 Å². The normalized spacial score (nSPS) is 21.6. The maximum Gasteiger partial charge on any atom is 0.148 e. The molecule has 0 saturated carbocycles. The van der Waals surface area contributed by atoms with Gasteiger partial charge in [0, 0.05) is 16.7 Å². The molecule has 0 aromatic heterocycles. The summed E-state index contributed by atoms with van der Waals surface area (Å²) in [6.07, 6.45) is 0.990. The number of hydrogen-bond donors (Lipinski definition) is 1. The number of aldehydes is 1. The average Bonchev–Trinajstić information content (AvgIpc) is 2.43. The summed E-state index contributed by atoms with van der Waals surface area (Å²) in [7, 11) is 0. The standard InChI is InChI=1S/C15H19NO/c1-14(2)12(10-17)13(15(3,4)16-14)11-8-6-5-7-9-11/h5-10,16H,1-4H3. The van der Waals surface area contributed by atoms with Crippen molar-refractivity contribution in [1.29, 1.82) is 0 Å². The molecule has 2 nitrogen and oxygen atoms in total. The molecule has 0 fully saturated rings. The van der Waals surface area contributed by atoms with Crippen LogP contribution in [-0.4, -0.2) is 17.4 Å². The summed E-state index contributed by atoms with van der Waals surface area (Å²) in [5.41, 5.74) is 2.64. The summed E-state index contributed by atoms with van der Waals surface area (Å²) in [6.45, 7) is 8.34. The van der Waals surface area contributed by atoms with Gasteiger partial charge in [0.25, 0.3) is 0 Å². The maximum absolute atomic E-state index is 11.4. The number of carbonyl (C=O) groups is 1. The van der Waals surface area contributed by atoms with Gasteiger partial charge >= 0.3 is 0 Å². The Kier molecular flexibility index (Phi) is 2.70. The SMILES string of the molecule is CC1(C)NC(C)(C)C(c2ccccc2)=C1C=O. The lowest BCUT2D eigenvalue weighted by Crippen LogP contribution is -2.46. The summed E-state index contributed by atoms with van der Waals surface area (Å²) in [5, 5.41) is 3.51. The first-order valence-corrected chi connectivity index (χ1v) is 5.94. The lowest BCUT2D eigenvalue weighted by Gasteiger charge is -2.28. The van der Waals surface area contributed by atoms with Gasteiger partial charge in [0.05, 0.1) is 0 Å². The Labute approximate surface area is 103 Å². The highest BCUT2D eigenvalue weighted by Gasteiger charge is 2.43. The Morgan fingerprint density at radius 2 is 1.59 bits per heavy atom. The first kappa shape index (κ1) is 12.1. The van der Waals surface area contributed by atoms with Crippen molar-refractivity contribution in [3.8, 4) is 0 Å². The van der Waals surface area contributed by atoms with Gasteiger partial charge in [-0.25, -0.2) is 0 Å². The van der Waals surface area contributed by atoms with Crippen LogP contribution in [0, 0.1) is 0 Å². The van der Waals surface area contributed by atoms with Crippen molar-refractivity contribution in [2.75, 3.05) is 0 Å². The molecule has 90 valence electrons. The molecule has 0 radical (unpaired) electrons. The molecule has 2 rings (SSSR count). The van der Waals surface area contributed by atoms with E-state index in [1.807, 2.05) is 18.2 Å². The molecule has 0 aliphatic carbocycles. The van der Waals surface area contributed by atoms with Gasteiger partial charge in [0.15, 0.2) is 0 Å². The molecule has 0 atom stereocenters. The highest BCUT2D eigenvalue weighted by molar-refractivity contribution is 5.95. The minimum Gasteiger partial charge on any atom is -0.299 e. The fourth-order valence-electron chi connectivity index (χ4n) is 2.89. The zero-order valence-electron chi connectivity index (χ0n) is 10.9. The molecule has 1 N–H and O–H groups in total. The van der Waals surface area contributed by atoms with E-state index in [0.29, 0.717) is 0 Å². The van der Waals surface area contributed by atoms with Gasteiger partial charge in [0.2, 0.25) is 0 Å². The van der Waals surface area contributed by atoms with Crippen LogP contribution in [0.3, 0.4) is 0 Å². The van der Waals surface area contributed by atoms with Crippen molar-refractivity contribution in [2.24, 2.45) is 0 Å². The molecule has 1 aliphatic heterocycles. The lowest BCUT2D eigenvalue weighted by atomic mass is 9.86. The van der Waals surface area contributed by atoms with Crippen molar-refractivity contribution >= 4 is 11.9 Å². The van der Waals surface area contributed by atoms with Gasteiger partial charge in [-0.05, 0) is 38.8 Å². The third-order valence-corrected chi connectivity index (χ3v) is 3.37. The summed E-state index contributed by atoms with van der Waals surface area (Å²) in [4.78, 5) is 11.4. The molecule has 1 aliphatic rings. The first-order chi connectivity index (χ1) is 7.88. The van der Waals surface area contributed by atoms with Crippen LogP contribution in [0.5, 0.6) is 0 Å². The minimum absolute atomic E-state index is 0.179. The fraction of sp³-hybridized carbons (Fsp3) is 0.400. The van der Waals surface area contributed by atoms with E-state index in [4.69, 9.17) is 0 Å². The van der Waals surface area contributed by atoms with Crippen molar-refractivity contribution in [3.05, 3.63) is 41.5 Å². The van der Waals surface area contributed by atoms with Crippen molar-refractivity contribution in [3.63, 3.8) is 0 Å². The Bertz CT molecular complexity index is 469. The highest BCUT2D eigenvalue weighted by atomic mass is 16.1. The molecule has 1 aromatic carbocycles. The molecule has 2 heteroatoms. The van der Waals surface area contributed by atoms with Crippen LogP contribution < -0.4 is 5.32 Å². The number of benzene rings is 1. The number of hydrogen-bond acceptors (Lipinski definition) is 2. The second-order valence-electron chi connectivity index (χ2n) is 5.65. The number of nitrogens with one attached hydrogen (secondary N) is 1. The quantitative estimate of drug-likeness (QED) is 0.790. The average molecular weight is 229 g/mol. The summed E-state index contributed by atoms with van der Waals surface area (Å²) in [5.74, 6) is 0. The summed E-state index contributed by atoms with van der Waals surface area (Å²) < 4.78 is 0. The molecule has 1 heterocycles. The molecule has 1 aromatic rings. The molecule has 0 amide bonds. The number of carbonyl (C=O) groups excluding carboxylic acids is 1. The van der Waals surface area contributed by atoms with E-state index in [1.54, 1.807) is 0 Å². The van der Waals surface area contributed by atoms with E-state index in [-0.39, 0.29) is 11.1 Å². The first-order valence-electron chi connectivity index (χ1n) is 5.94. The predicted molar refractivity (Wildman–Crippen MR) is 70.7 cm³/mol. The van der Waals surface area contributed by atoms with Gasteiger partial charge in [-0.2, -0.15) is 0 Å². The Morgan fingerprint density at radius 1 is 1.00 bits per heavy atom. The molecule has 0 spiro atoms. The van der Waals surface area contributed by atoms with E-state index in [2.05, 4.69) is 45.1 Å². The summed E-state index contributed by atoms with van der Waals surface area (Å²) in [6, 6.07) is 10.1. The third kappa shape index (κ3) is 1.93. The molecule has 0 bridgehead atoms. The lowest BCUT2D eigenvalue weighted by molar-refractivity contribution is -0.105. The minimum atomic E-state index is -0.267. The van der Waals surface area contributed by atoms with E-state index in [1.165, 1.54) is 0 Å². The second kappa shape index (κ2) is 3.81. The van der Waals surface area contributed by atoms with E-state index < -0.39 is 0 Å². The van der Waals surface area contributed by atoms with Crippen LogP contribution in [-0.2, 0) is 4.79 Å². The van der Waals surface area contributed by atoms with Crippen LogP contribution in [0.2, 0.25) is 0 Å². The Morgan fingerprint density at radius 3 is 2.12 bits per heavy atom. The topological polar surface area (TPSA) is 29.1 Å². The van der Waals surface area contributed by atoms with Crippen LogP contribution >= 0.6 is 0 Å². The van der Waals surface area contributed by atoms with Crippen LogP contribution in [0.1, 0.15) is 33.3 Å². The zero-order valence-corrected chi connectivity index (χ0v) is 10.9. The van der Waals surface area contributed by atoms with Crippen molar-refractivity contribution in [2.45, 2.75) is 38.8 Å². The fourth-order valence-corrected chi connectivity index (χ4v) is 2.89. The van der Waals surface area contributed by atoms with E-state index in [0.717, 1.165) is 23.0 Å². The monoisotopic (exact) mass is 229 g/mol. The smallest absolute Gasteiger partial charge is 0.148 e. The van der Waals surface area contributed by atoms with Gasteiger partial charge in [-0.1, -0.05) is 30.3 Å². The highest BCUT2D eigenvalue weighted by Crippen LogP contribution is 2.41. The van der Waals surface area contributed by atoms with Crippen LogP contribution in [0.15, 0.2) is 35.9 Å². The van der Waals surface area contributed by atoms with E-state index >= 15 is 0 Å². The van der Waals surface area contributed by atoms with Gasteiger partial charge < -0.3 is 0 Å².